The van der Waals surface area contributed by atoms with Crippen molar-refractivity contribution in [3.8, 4) is 17.2 Å². The molecule has 2 aliphatic heterocycles. The van der Waals surface area contributed by atoms with Gasteiger partial charge in [0.05, 0.1) is 38.9 Å². The van der Waals surface area contributed by atoms with Gasteiger partial charge in [-0.25, -0.2) is 9.18 Å². The topological polar surface area (TPSA) is 92.3 Å². The van der Waals surface area contributed by atoms with Crippen molar-refractivity contribution in [3.05, 3.63) is 75.9 Å². The van der Waals surface area contributed by atoms with Crippen LogP contribution in [0.3, 0.4) is 0 Å². The van der Waals surface area contributed by atoms with Crippen molar-refractivity contribution in [2.75, 3.05) is 34.5 Å². The molecule has 0 bridgehead atoms. The third-order valence-corrected chi connectivity index (χ3v) is 7.86. The average Bonchev–Trinajstić information content (AvgIpc) is 3.48. The lowest BCUT2D eigenvalue weighted by Crippen LogP contribution is -2.36. The van der Waals surface area contributed by atoms with E-state index >= 15 is 0 Å². The number of allylic oxidation sites excluding steroid dienone is 3. The van der Waals surface area contributed by atoms with Gasteiger partial charge in [-0.2, -0.15) is 0 Å². The van der Waals surface area contributed by atoms with Crippen LogP contribution in [0.2, 0.25) is 0 Å². The van der Waals surface area contributed by atoms with Gasteiger partial charge in [0.25, 0.3) is 0 Å². The molecular weight excluding hydrogens is 517 g/mol. The number of Topliss-reactive ketones (excluding diaryl/α,β-unsaturated/α-hetero) is 1. The number of nitrogens with one attached hydrogen (secondary N) is 1. The zero-order valence-corrected chi connectivity index (χ0v) is 23.2. The summed E-state index contributed by atoms with van der Waals surface area (Å²) >= 11 is 0. The first-order valence-corrected chi connectivity index (χ1v) is 13.4. The van der Waals surface area contributed by atoms with Crippen LogP contribution in [0.15, 0.2) is 58.9 Å². The summed E-state index contributed by atoms with van der Waals surface area (Å²) in [6, 6.07) is 9.77. The first kappa shape index (κ1) is 27.7. The highest BCUT2D eigenvalue weighted by Gasteiger charge is 2.43. The highest BCUT2D eigenvalue weighted by atomic mass is 19.1. The molecule has 1 saturated heterocycles. The lowest BCUT2D eigenvalue weighted by atomic mass is 9.71. The highest BCUT2D eigenvalue weighted by molar-refractivity contribution is 6.04. The molecule has 5 rings (SSSR count). The molecule has 2 aromatic rings. The van der Waals surface area contributed by atoms with Crippen molar-refractivity contribution in [2.45, 2.75) is 50.5 Å². The maximum absolute atomic E-state index is 13.9. The summed E-state index contributed by atoms with van der Waals surface area (Å²) in [7, 11) is 4.55. The Kier molecular flexibility index (Phi) is 8.12. The zero-order valence-electron chi connectivity index (χ0n) is 23.2. The lowest BCUT2D eigenvalue weighted by molar-refractivity contribution is -0.142. The Bertz CT molecular complexity index is 1360. The van der Waals surface area contributed by atoms with Crippen LogP contribution in [-0.2, 0) is 19.1 Å². The Morgan fingerprint density at radius 2 is 1.77 bits per heavy atom. The van der Waals surface area contributed by atoms with E-state index < -0.39 is 11.9 Å². The molecule has 0 amide bonds. The number of esters is 1. The van der Waals surface area contributed by atoms with Gasteiger partial charge in [-0.3, -0.25) is 4.79 Å². The smallest absolute Gasteiger partial charge is 0.336 e. The quantitative estimate of drug-likeness (QED) is 0.462. The van der Waals surface area contributed by atoms with E-state index in [1.807, 2.05) is 0 Å². The summed E-state index contributed by atoms with van der Waals surface area (Å²) in [5.74, 6) is -0.665. The van der Waals surface area contributed by atoms with Gasteiger partial charge in [0.1, 0.15) is 12.4 Å². The third-order valence-electron chi connectivity index (χ3n) is 7.86. The summed E-state index contributed by atoms with van der Waals surface area (Å²) in [4.78, 5) is 27.6. The molecule has 40 heavy (non-hydrogen) atoms. The maximum atomic E-state index is 13.9. The summed E-state index contributed by atoms with van der Waals surface area (Å²) in [5, 5.41) is 3.34. The first-order chi connectivity index (χ1) is 19.4. The minimum atomic E-state index is -0.760. The number of halogens is 1. The van der Waals surface area contributed by atoms with E-state index in [4.69, 9.17) is 23.7 Å². The van der Waals surface area contributed by atoms with Gasteiger partial charge >= 0.3 is 5.97 Å². The fraction of sp³-hybridized carbons (Fsp3) is 0.419. The van der Waals surface area contributed by atoms with Crippen LogP contribution in [-0.4, -0.2) is 52.4 Å². The van der Waals surface area contributed by atoms with Gasteiger partial charge < -0.3 is 29.0 Å². The largest absolute Gasteiger partial charge is 0.493 e. The molecule has 0 spiro atoms. The molecule has 9 heteroatoms. The van der Waals surface area contributed by atoms with Crippen LogP contribution in [0.25, 0.3) is 0 Å². The number of methoxy groups -OCH3 is 3. The van der Waals surface area contributed by atoms with E-state index in [0.29, 0.717) is 52.7 Å². The van der Waals surface area contributed by atoms with Crippen molar-refractivity contribution >= 4 is 11.8 Å². The molecule has 0 saturated carbocycles. The average molecular weight is 552 g/mol. The van der Waals surface area contributed by atoms with E-state index in [1.54, 1.807) is 31.2 Å². The molecule has 1 fully saturated rings. The number of ketones is 1. The summed E-state index contributed by atoms with van der Waals surface area (Å²) in [6.45, 7) is 2.59. The van der Waals surface area contributed by atoms with Crippen molar-refractivity contribution in [1.82, 2.24) is 5.32 Å². The number of hydrogen-bond donors (Lipinski definition) is 1. The molecule has 2 aromatic carbocycles. The standard InChI is InChI=1S/C31H34FNO7/c1-17-26(31(35)40-16-21-6-5-13-39-21)27(22-11-12-25(36-2)30(38-4)29(22)37-3)28-23(33-17)14-19(15-24(28)34)18-7-9-20(32)10-8-18/h7-12,19,21,27,33H,5-6,13-16H2,1-4H3/t19-,21+,27+/m0/s1. The third kappa shape index (κ3) is 5.18. The van der Waals surface area contributed by atoms with E-state index in [9.17, 15) is 14.0 Å². The Hall–Kier alpha value is -3.85. The van der Waals surface area contributed by atoms with Gasteiger partial charge in [0, 0.05) is 35.6 Å². The molecule has 0 radical (unpaired) electrons. The lowest BCUT2D eigenvalue weighted by Gasteiger charge is -2.37. The van der Waals surface area contributed by atoms with Gasteiger partial charge in [-0.05, 0) is 55.9 Å². The number of carbonyl (C=O) groups is 2. The molecule has 212 valence electrons. The van der Waals surface area contributed by atoms with Crippen LogP contribution in [0.4, 0.5) is 4.39 Å². The number of carbonyl (C=O) groups excluding carboxylic acids is 2. The maximum Gasteiger partial charge on any atom is 0.336 e. The van der Waals surface area contributed by atoms with E-state index in [0.717, 1.165) is 24.1 Å². The Balaban J connectivity index is 1.59. The van der Waals surface area contributed by atoms with Crippen LogP contribution in [0, 0.1) is 5.82 Å². The summed E-state index contributed by atoms with van der Waals surface area (Å²) < 4.78 is 41.9. The molecule has 3 aliphatic rings. The monoisotopic (exact) mass is 551 g/mol. The Labute approximate surface area is 233 Å². The van der Waals surface area contributed by atoms with Gasteiger partial charge in [0.2, 0.25) is 5.75 Å². The zero-order chi connectivity index (χ0) is 28.4. The minimum absolute atomic E-state index is 0.109. The summed E-state index contributed by atoms with van der Waals surface area (Å²) in [5.41, 5.74) is 3.60. The van der Waals surface area contributed by atoms with Gasteiger partial charge in [0.15, 0.2) is 17.3 Å². The van der Waals surface area contributed by atoms with E-state index in [-0.39, 0.29) is 36.7 Å². The predicted molar refractivity (Wildman–Crippen MR) is 145 cm³/mol. The molecule has 8 nitrogen and oxygen atoms in total. The second kappa shape index (κ2) is 11.7. The number of dihydropyridines is 1. The number of hydrogen-bond acceptors (Lipinski definition) is 8. The molecule has 1 N–H and O–H groups in total. The molecule has 2 heterocycles. The molecule has 1 aliphatic carbocycles. The molecule has 3 atom stereocenters. The van der Waals surface area contributed by atoms with Crippen molar-refractivity contribution < 1.29 is 37.7 Å². The molecule has 0 unspecified atom stereocenters. The Morgan fingerprint density at radius 3 is 2.42 bits per heavy atom. The molecule has 0 aromatic heterocycles. The second-order valence-corrected chi connectivity index (χ2v) is 10.2. The van der Waals surface area contributed by atoms with E-state index in [2.05, 4.69) is 5.32 Å². The van der Waals surface area contributed by atoms with Crippen molar-refractivity contribution in [1.29, 1.82) is 0 Å². The van der Waals surface area contributed by atoms with Gasteiger partial charge in [-0.1, -0.05) is 18.2 Å². The SMILES string of the molecule is COc1ccc([C@@H]2C(C(=O)OC[C@H]3CCCO3)=C(C)NC3=C2C(=O)C[C@@H](c2ccc(F)cc2)C3)c(OC)c1OC. The van der Waals surface area contributed by atoms with Crippen molar-refractivity contribution in [3.63, 3.8) is 0 Å². The predicted octanol–water partition coefficient (Wildman–Crippen LogP) is 4.94. The number of rotatable bonds is 8. The van der Waals surface area contributed by atoms with Crippen LogP contribution in [0.5, 0.6) is 17.2 Å². The number of benzene rings is 2. The van der Waals surface area contributed by atoms with Gasteiger partial charge in [-0.15, -0.1) is 0 Å². The van der Waals surface area contributed by atoms with E-state index in [1.165, 1.54) is 33.5 Å². The van der Waals surface area contributed by atoms with Crippen LogP contribution >= 0.6 is 0 Å². The first-order valence-electron chi connectivity index (χ1n) is 13.4. The van der Waals surface area contributed by atoms with Crippen molar-refractivity contribution in [2.24, 2.45) is 0 Å². The highest BCUT2D eigenvalue weighted by Crippen LogP contribution is 2.51. The fourth-order valence-electron chi connectivity index (χ4n) is 5.97. The molecular formula is C31H34FNO7. The fourth-order valence-corrected chi connectivity index (χ4v) is 5.97. The summed E-state index contributed by atoms with van der Waals surface area (Å²) in [6.07, 6.45) is 2.36. The second-order valence-electron chi connectivity index (χ2n) is 10.2. The Morgan fingerprint density at radius 1 is 1.02 bits per heavy atom. The minimum Gasteiger partial charge on any atom is -0.493 e. The number of ether oxygens (including phenoxy) is 5. The van der Waals surface area contributed by atoms with Crippen LogP contribution in [0.1, 0.15) is 55.6 Å². The normalized spacial score (nSPS) is 22.5. The van der Waals surface area contributed by atoms with Crippen LogP contribution < -0.4 is 19.5 Å².